The lowest BCUT2D eigenvalue weighted by Crippen LogP contribution is -2.35. The summed E-state index contributed by atoms with van der Waals surface area (Å²) in [5.74, 6) is -0.439. The Morgan fingerprint density at radius 2 is 2.19 bits per heavy atom. The maximum absolute atomic E-state index is 12.4. The van der Waals surface area contributed by atoms with Gasteiger partial charge in [-0.15, -0.1) is 0 Å². The van der Waals surface area contributed by atoms with E-state index in [1.54, 1.807) is 15.8 Å². The molecule has 0 bridgehead atoms. The predicted molar refractivity (Wildman–Crippen MR) is 97.5 cm³/mol. The van der Waals surface area contributed by atoms with Crippen molar-refractivity contribution >= 4 is 23.4 Å². The van der Waals surface area contributed by atoms with E-state index >= 15 is 0 Å². The van der Waals surface area contributed by atoms with Crippen molar-refractivity contribution in [1.82, 2.24) is 25.0 Å². The van der Waals surface area contributed by atoms with Gasteiger partial charge in [0.2, 0.25) is 11.8 Å². The van der Waals surface area contributed by atoms with E-state index in [4.69, 9.17) is 11.6 Å². The number of rotatable bonds is 6. The van der Waals surface area contributed by atoms with Crippen LogP contribution in [0.15, 0.2) is 24.4 Å². The normalized spacial score (nSPS) is 17.0. The van der Waals surface area contributed by atoms with Gasteiger partial charge in [0.1, 0.15) is 0 Å². The Bertz CT molecular complexity index is 805. The summed E-state index contributed by atoms with van der Waals surface area (Å²) in [5, 5.41) is 7.89. The smallest absolute Gasteiger partial charge is 0.225 e. The van der Waals surface area contributed by atoms with E-state index in [1.807, 2.05) is 32.0 Å². The molecule has 26 heavy (non-hydrogen) atoms. The van der Waals surface area contributed by atoms with Gasteiger partial charge in [-0.3, -0.25) is 19.3 Å². The highest BCUT2D eigenvalue weighted by atomic mass is 35.5. The lowest BCUT2D eigenvalue weighted by atomic mass is 10.1. The molecule has 1 fully saturated rings. The number of amides is 2. The average Bonchev–Trinajstić information content (AvgIpc) is 3.11. The number of halogens is 1. The summed E-state index contributed by atoms with van der Waals surface area (Å²) >= 11 is 6.12. The largest absolute Gasteiger partial charge is 0.354 e. The highest BCUT2D eigenvalue weighted by molar-refractivity contribution is 6.31. The molecule has 1 aliphatic rings. The third-order valence-electron chi connectivity index (χ3n) is 4.58. The zero-order chi connectivity index (χ0) is 18.7. The van der Waals surface area contributed by atoms with Gasteiger partial charge in [0.25, 0.3) is 0 Å². The van der Waals surface area contributed by atoms with Crippen molar-refractivity contribution < 1.29 is 9.59 Å². The minimum absolute atomic E-state index is 0.0128. The molecule has 1 atom stereocenters. The predicted octanol–water partition coefficient (Wildman–Crippen LogP) is 1.71. The van der Waals surface area contributed by atoms with Crippen LogP contribution in [-0.4, -0.2) is 44.6 Å². The number of aromatic nitrogens is 3. The van der Waals surface area contributed by atoms with Crippen molar-refractivity contribution in [2.45, 2.75) is 33.4 Å². The zero-order valence-corrected chi connectivity index (χ0v) is 15.7. The van der Waals surface area contributed by atoms with Crippen molar-refractivity contribution in [3.63, 3.8) is 0 Å². The minimum atomic E-state index is -0.324. The van der Waals surface area contributed by atoms with Crippen molar-refractivity contribution in [1.29, 1.82) is 0 Å². The lowest BCUT2D eigenvalue weighted by Gasteiger charge is -2.16. The number of hydrogen-bond acceptors (Lipinski definition) is 4. The van der Waals surface area contributed by atoms with Crippen molar-refractivity contribution in [2.75, 3.05) is 13.1 Å². The van der Waals surface area contributed by atoms with E-state index in [1.165, 1.54) is 0 Å². The molecule has 0 spiro atoms. The van der Waals surface area contributed by atoms with Gasteiger partial charge in [0.15, 0.2) is 0 Å². The van der Waals surface area contributed by atoms with Crippen LogP contribution in [0.25, 0.3) is 0 Å². The van der Waals surface area contributed by atoms with Crippen molar-refractivity contribution in [3.8, 4) is 0 Å². The molecular weight excluding hydrogens is 354 g/mol. The molecule has 2 aromatic heterocycles. The second-order valence-electron chi connectivity index (χ2n) is 6.50. The van der Waals surface area contributed by atoms with Crippen LogP contribution >= 0.6 is 11.6 Å². The van der Waals surface area contributed by atoms with Crippen LogP contribution in [0.5, 0.6) is 0 Å². The molecule has 0 unspecified atom stereocenters. The number of pyridine rings is 1. The third kappa shape index (κ3) is 4.04. The quantitative estimate of drug-likeness (QED) is 0.833. The molecule has 8 heteroatoms. The van der Waals surface area contributed by atoms with Crippen LogP contribution in [-0.2, 0) is 22.7 Å². The number of likely N-dealkylation sites (tertiary alicyclic amines) is 1. The Hall–Kier alpha value is -2.41. The Labute approximate surface area is 157 Å². The van der Waals surface area contributed by atoms with Gasteiger partial charge in [-0.05, 0) is 26.0 Å². The summed E-state index contributed by atoms with van der Waals surface area (Å²) in [6.07, 6.45) is 1.94. The number of carbonyl (C=O) groups excluding carboxylic acids is 2. The van der Waals surface area contributed by atoms with Gasteiger partial charge >= 0.3 is 0 Å². The summed E-state index contributed by atoms with van der Waals surface area (Å²) in [6, 6.07) is 5.60. The molecular formula is C18H22ClN5O2. The Kier molecular flexibility index (Phi) is 5.56. The average molecular weight is 376 g/mol. The van der Waals surface area contributed by atoms with Crippen LogP contribution in [0, 0.1) is 19.8 Å². The van der Waals surface area contributed by atoms with Gasteiger partial charge in [-0.25, -0.2) is 0 Å². The first kappa shape index (κ1) is 18.4. The Morgan fingerprint density at radius 1 is 1.38 bits per heavy atom. The Balaban J connectivity index is 1.49. The SMILES string of the molecule is Cc1nn(CCNC(=O)[C@@H]2CC(=O)N(Cc3ccccn3)C2)c(C)c1Cl. The lowest BCUT2D eigenvalue weighted by molar-refractivity contribution is -0.129. The van der Waals surface area contributed by atoms with Gasteiger partial charge in [0.05, 0.1) is 41.1 Å². The molecule has 1 N–H and O–H groups in total. The first-order valence-corrected chi connectivity index (χ1v) is 8.98. The van der Waals surface area contributed by atoms with E-state index in [9.17, 15) is 9.59 Å². The Morgan fingerprint density at radius 3 is 2.85 bits per heavy atom. The highest BCUT2D eigenvalue weighted by Gasteiger charge is 2.34. The number of aryl methyl sites for hydroxylation is 1. The molecule has 2 amide bonds. The number of nitrogens with zero attached hydrogens (tertiary/aromatic N) is 4. The molecule has 0 aromatic carbocycles. The summed E-state index contributed by atoms with van der Waals surface area (Å²) < 4.78 is 1.78. The second kappa shape index (κ2) is 7.86. The molecule has 7 nitrogen and oxygen atoms in total. The minimum Gasteiger partial charge on any atom is -0.354 e. The molecule has 0 aliphatic carbocycles. The summed E-state index contributed by atoms with van der Waals surface area (Å²) in [5.41, 5.74) is 2.49. The van der Waals surface area contributed by atoms with Gasteiger partial charge < -0.3 is 10.2 Å². The van der Waals surface area contributed by atoms with Crippen LogP contribution in [0.2, 0.25) is 5.02 Å². The topological polar surface area (TPSA) is 80.1 Å². The fraction of sp³-hybridized carbons (Fsp3) is 0.444. The van der Waals surface area contributed by atoms with E-state index < -0.39 is 0 Å². The van der Waals surface area contributed by atoms with E-state index in [2.05, 4.69) is 15.4 Å². The van der Waals surface area contributed by atoms with E-state index in [0.29, 0.717) is 31.2 Å². The first-order chi connectivity index (χ1) is 12.5. The van der Waals surface area contributed by atoms with E-state index in [-0.39, 0.29) is 24.2 Å². The highest BCUT2D eigenvalue weighted by Crippen LogP contribution is 2.20. The molecule has 1 saturated heterocycles. The number of nitrogens with one attached hydrogen (secondary N) is 1. The fourth-order valence-electron chi connectivity index (χ4n) is 3.11. The molecule has 138 valence electrons. The summed E-state index contributed by atoms with van der Waals surface area (Å²) in [7, 11) is 0. The molecule has 3 heterocycles. The monoisotopic (exact) mass is 375 g/mol. The standard InChI is InChI=1S/C18H22ClN5O2/c1-12-17(19)13(2)24(22-12)8-7-21-18(26)14-9-16(25)23(10-14)11-15-5-3-4-6-20-15/h3-6,14H,7-11H2,1-2H3,(H,21,26)/t14-/m1/s1. The molecule has 0 radical (unpaired) electrons. The maximum atomic E-state index is 12.4. The number of hydrogen-bond donors (Lipinski definition) is 1. The van der Waals surface area contributed by atoms with Crippen molar-refractivity contribution in [3.05, 3.63) is 46.5 Å². The van der Waals surface area contributed by atoms with E-state index in [0.717, 1.165) is 17.1 Å². The molecule has 2 aromatic rings. The van der Waals surface area contributed by atoms with Crippen LogP contribution in [0.3, 0.4) is 0 Å². The summed E-state index contributed by atoms with van der Waals surface area (Å²) in [6.45, 7) is 5.60. The summed E-state index contributed by atoms with van der Waals surface area (Å²) in [4.78, 5) is 30.5. The van der Waals surface area contributed by atoms with Crippen molar-refractivity contribution in [2.24, 2.45) is 5.92 Å². The fourth-order valence-corrected chi connectivity index (χ4v) is 3.25. The molecule has 3 rings (SSSR count). The van der Waals surface area contributed by atoms with Crippen LogP contribution in [0.1, 0.15) is 23.5 Å². The van der Waals surface area contributed by atoms with Gasteiger partial charge in [0, 0.05) is 25.7 Å². The van der Waals surface area contributed by atoms with Crippen LogP contribution in [0.4, 0.5) is 0 Å². The second-order valence-corrected chi connectivity index (χ2v) is 6.87. The molecule has 0 saturated carbocycles. The first-order valence-electron chi connectivity index (χ1n) is 8.60. The maximum Gasteiger partial charge on any atom is 0.225 e. The number of carbonyl (C=O) groups is 2. The van der Waals surface area contributed by atoms with Gasteiger partial charge in [-0.2, -0.15) is 5.10 Å². The molecule has 1 aliphatic heterocycles. The van der Waals surface area contributed by atoms with Gasteiger partial charge in [-0.1, -0.05) is 17.7 Å². The zero-order valence-electron chi connectivity index (χ0n) is 14.9. The third-order valence-corrected chi connectivity index (χ3v) is 5.13. The van der Waals surface area contributed by atoms with Crippen LogP contribution < -0.4 is 5.32 Å².